The first-order valence-corrected chi connectivity index (χ1v) is 10.6. The summed E-state index contributed by atoms with van der Waals surface area (Å²) in [7, 11) is 0. The van der Waals surface area contributed by atoms with Crippen LogP contribution in [-0.2, 0) is 6.42 Å². The fourth-order valence-electron chi connectivity index (χ4n) is 4.76. The van der Waals surface area contributed by atoms with Crippen molar-refractivity contribution in [2.24, 2.45) is 0 Å². The van der Waals surface area contributed by atoms with Crippen LogP contribution in [0.5, 0.6) is 0 Å². The minimum absolute atomic E-state index is 1.06. The quantitative estimate of drug-likeness (QED) is 0.273. The summed E-state index contributed by atoms with van der Waals surface area (Å²) in [6.07, 6.45) is 1.06. The van der Waals surface area contributed by atoms with Crippen molar-refractivity contribution in [3.05, 3.63) is 95.1 Å². The average Bonchev–Trinajstić information content (AvgIpc) is 3.23. The molecule has 1 heteroatoms. The number of thiophene rings is 1. The van der Waals surface area contributed by atoms with Gasteiger partial charge >= 0.3 is 0 Å². The largest absolute Gasteiger partial charge is 0.135 e. The Morgan fingerprint density at radius 3 is 2.25 bits per heavy atom. The van der Waals surface area contributed by atoms with Crippen LogP contribution in [0.25, 0.3) is 42.4 Å². The molecule has 0 N–H and O–H groups in total. The van der Waals surface area contributed by atoms with Crippen molar-refractivity contribution in [2.45, 2.75) is 20.3 Å². The van der Waals surface area contributed by atoms with E-state index in [1.54, 1.807) is 0 Å². The van der Waals surface area contributed by atoms with Gasteiger partial charge in [0.05, 0.1) is 0 Å². The number of hydrogen-bond acceptors (Lipinski definition) is 1. The van der Waals surface area contributed by atoms with E-state index in [4.69, 9.17) is 0 Å². The van der Waals surface area contributed by atoms with Crippen molar-refractivity contribution in [3.63, 3.8) is 0 Å². The van der Waals surface area contributed by atoms with Crippen LogP contribution in [0, 0.1) is 13.8 Å². The number of hydrogen-bond donors (Lipinski definition) is 0. The minimum atomic E-state index is 1.06. The van der Waals surface area contributed by atoms with Crippen LogP contribution >= 0.6 is 11.3 Å². The predicted octanol–water partition coefficient (Wildman–Crippen LogP) is 7.91. The molecule has 0 fully saturated rings. The van der Waals surface area contributed by atoms with E-state index < -0.39 is 0 Å². The molecule has 0 spiro atoms. The van der Waals surface area contributed by atoms with E-state index in [1.807, 2.05) is 11.3 Å². The van der Waals surface area contributed by atoms with Gasteiger partial charge in [0.25, 0.3) is 0 Å². The summed E-state index contributed by atoms with van der Waals surface area (Å²) in [6.45, 7) is 4.51. The molecule has 0 nitrogen and oxygen atoms in total. The molecule has 5 aromatic rings. The number of fused-ring (bicyclic) bond motifs is 6. The zero-order valence-electron chi connectivity index (χ0n) is 16.0. The lowest BCUT2D eigenvalue weighted by Gasteiger charge is -2.13. The molecular weight excluding hydrogens is 356 g/mol. The first kappa shape index (κ1) is 16.1. The molecule has 0 bridgehead atoms. The number of aryl methyl sites for hydroxylation is 2. The van der Waals surface area contributed by atoms with Gasteiger partial charge < -0.3 is 0 Å². The van der Waals surface area contributed by atoms with Gasteiger partial charge in [-0.3, -0.25) is 0 Å². The predicted molar refractivity (Wildman–Crippen MR) is 122 cm³/mol. The second-order valence-corrected chi connectivity index (χ2v) is 9.00. The van der Waals surface area contributed by atoms with Crippen LogP contribution in [0.15, 0.2) is 72.8 Å². The summed E-state index contributed by atoms with van der Waals surface area (Å²) in [5.74, 6) is 0. The van der Waals surface area contributed by atoms with E-state index in [-0.39, 0.29) is 0 Å². The van der Waals surface area contributed by atoms with Crippen molar-refractivity contribution >= 4 is 31.5 Å². The second kappa shape index (κ2) is 5.80. The molecule has 0 saturated carbocycles. The molecule has 0 radical (unpaired) electrons. The van der Waals surface area contributed by atoms with Crippen LogP contribution in [0.2, 0.25) is 0 Å². The molecule has 0 atom stereocenters. The molecule has 4 aromatic carbocycles. The van der Waals surface area contributed by atoms with E-state index >= 15 is 0 Å². The van der Waals surface area contributed by atoms with Crippen molar-refractivity contribution in [2.75, 3.05) is 0 Å². The molecule has 0 unspecified atom stereocenters. The van der Waals surface area contributed by atoms with Gasteiger partial charge in [-0.15, -0.1) is 11.3 Å². The van der Waals surface area contributed by atoms with E-state index in [2.05, 4.69) is 86.6 Å². The molecule has 134 valence electrons. The number of rotatable bonds is 1. The van der Waals surface area contributed by atoms with E-state index in [0.29, 0.717) is 0 Å². The van der Waals surface area contributed by atoms with Crippen LogP contribution in [0.1, 0.15) is 22.3 Å². The van der Waals surface area contributed by atoms with Gasteiger partial charge in [-0.1, -0.05) is 48.5 Å². The normalized spacial score (nSPS) is 12.5. The molecule has 1 aliphatic carbocycles. The summed E-state index contributed by atoms with van der Waals surface area (Å²) in [5.41, 5.74) is 11.2. The molecule has 0 amide bonds. The Morgan fingerprint density at radius 2 is 1.32 bits per heavy atom. The summed E-state index contributed by atoms with van der Waals surface area (Å²) >= 11 is 1.89. The Morgan fingerprint density at radius 1 is 0.571 bits per heavy atom. The van der Waals surface area contributed by atoms with Crippen LogP contribution in [-0.4, -0.2) is 0 Å². The van der Waals surface area contributed by atoms with Gasteiger partial charge in [0.2, 0.25) is 0 Å². The zero-order valence-corrected chi connectivity index (χ0v) is 16.9. The zero-order chi connectivity index (χ0) is 18.8. The molecule has 0 saturated heterocycles. The molecular formula is C27H20S. The van der Waals surface area contributed by atoms with Gasteiger partial charge in [-0.25, -0.2) is 0 Å². The third kappa shape index (κ3) is 2.23. The molecule has 1 aliphatic rings. The van der Waals surface area contributed by atoms with Crippen molar-refractivity contribution in [1.82, 2.24) is 0 Å². The lowest BCUT2D eigenvalue weighted by Crippen LogP contribution is -1.91. The van der Waals surface area contributed by atoms with Crippen molar-refractivity contribution in [1.29, 1.82) is 0 Å². The van der Waals surface area contributed by atoms with Crippen molar-refractivity contribution < 1.29 is 0 Å². The summed E-state index contributed by atoms with van der Waals surface area (Å²) in [4.78, 5) is 0. The Labute approximate surface area is 169 Å². The van der Waals surface area contributed by atoms with Gasteiger partial charge in [-0.05, 0) is 89.0 Å². The standard InChI is InChI=1S/C27H20S/c1-16-11-19-13-18-7-3-4-8-20(18)24(19)14-22(16)23-15-25-21-9-5-6-10-26(21)28-27(25)12-17(23)2/h3-12,14-15H,13H2,1-2H3. The maximum atomic E-state index is 2.43. The minimum Gasteiger partial charge on any atom is -0.135 e. The lowest BCUT2D eigenvalue weighted by atomic mass is 9.91. The highest BCUT2D eigenvalue weighted by Gasteiger charge is 2.20. The van der Waals surface area contributed by atoms with Gasteiger partial charge in [0, 0.05) is 20.2 Å². The van der Waals surface area contributed by atoms with E-state index in [1.165, 1.54) is 64.7 Å². The molecule has 0 aliphatic heterocycles. The lowest BCUT2D eigenvalue weighted by molar-refractivity contribution is 1.25. The maximum absolute atomic E-state index is 2.43. The van der Waals surface area contributed by atoms with Crippen LogP contribution in [0.3, 0.4) is 0 Å². The Hall–Kier alpha value is -2.90. The van der Waals surface area contributed by atoms with Gasteiger partial charge in [0.15, 0.2) is 0 Å². The van der Waals surface area contributed by atoms with Gasteiger partial charge in [0.1, 0.15) is 0 Å². The average molecular weight is 377 g/mol. The highest BCUT2D eigenvalue weighted by atomic mass is 32.1. The molecule has 1 heterocycles. The first-order chi connectivity index (χ1) is 13.7. The van der Waals surface area contributed by atoms with E-state index in [0.717, 1.165) is 6.42 Å². The Balaban J connectivity index is 1.62. The fraction of sp³-hybridized carbons (Fsp3) is 0.111. The fourth-order valence-corrected chi connectivity index (χ4v) is 5.95. The summed E-state index contributed by atoms with van der Waals surface area (Å²) in [5, 5.41) is 2.74. The second-order valence-electron chi connectivity index (χ2n) is 7.92. The summed E-state index contributed by atoms with van der Waals surface area (Å²) < 4.78 is 2.75. The third-order valence-corrected chi connectivity index (χ3v) is 7.29. The smallest absolute Gasteiger partial charge is 0.0358 e. The third-order valence-electron chi connectivity index (χ3n) is 6.15. The SMILES string of the molecule is Cc1cc2c(cc1-c1cc3c(cc1C)sc1ccccc13)-c1ccccc1C2. The molecule has 6 rings (SSSR count). The highest BCUT2D eigenvalue weighted by molar-refractivity contribution is 7.25. The monoisotopic (exact) mass is 376 g/mol. The van der Waals surface area contributed by atoms with Crippen LogP contribution in [0.4, 0.5) is 0 Å². The Bertz CT molecular complexity index is 1400. The van der Waals surface area contributed by atoms with E-state index in [9.17, 15) is 0 Å². The molecule has 1 aromatic heterocycles. The number of benzene rings is 4. The highest BCUT2D eigenvalue weighted by Crippen LogP contribution is 2.43. The van der Waals surface area contributed by atoms with Crippen molar-refractivity contribution in [3.8, 4) is 22.3 Å². The van der Waals surface area contributed by atoms with Crippen LogP contribution < -0.4 is 0 Å². The maximum Gasteiger partial charge on any atom is 0.0358 e. The topological polar surface area (TPSA) is 0 Å². The Kier molecular flexibility index (Phi) is 3.33. The van der Waals surface area contributed by atoms with Gasteiger partial charge in [-0.2, -0.15) is 0 Å². The first-order valence-electron chi connectivity index (χ1n) is 9.83. The summed E-state index contributed by atoms with van der Waals surface area (Å²) in [6, 6.07) is 27.2. The molecule has 28 heavy (non-hydrogen) atoms.